The molecule has 136 valence electrons. The van der Waals surface area contributed by atoms with E-state index < -0.39 is 0 Å². The molecule has 3 nitrogen and oxygen atoms in total. The van der Waals surface area contributed by atoms with Crippen molar-refractivity contribution in [3.63, 3.8) is 0 Å². The molecular formula is C22H31NO2. The summed E-state index contributed by atoms with van der Waals surface area (Å²) in [5.41, 5.74) is 2.73. The third-order valence-electron chi connectivity index (χ3n) is 3.70. The average Bonchev–Trinajstić information content (AvgIpc) is 2.55. The maximum absolute atomic E-state index is 12.2. The lowest BCUT2D eigenvalue weighted by Crippen LogP contribution is -2.14. The van der Waals surface area contributed by atoms with Gasteiger partial charge in [-0.15, -0.1) is 0 Å². The predicted octanol–water partition coefficient (Wildman–Crippen LogP) is 5.92. The van der Waals surface area contributed by atoms with Crippen molar-refractivity contribution in [1.29, 1.82) is 0 Å². The van der Waals surface area contributed by atoms with Gasteiger partial charge in [-0.25, -0.2) is 4.79 Å². The molecule has 0 bridgehead atoms. The van der Waals surface area contributed by atoms with Gasteiger partial charge in [-0.2, -0.15) is 0 Å². The van der Waals surface area contributed by atoms with Gasteiger partial charge in [0.15, 0.2) is 0 Å². The van der Waals surface area contributed by atoms with Crippen LogP contribution in [0.1, 0.15) is 77.0 Å². The minimum atomic E-state index is -0.365. The Morgan fingerprint density at radius 3 is 1.80 bits per heavy atom. The number of benzene rings is 1. The molecule has 0 atom stereocenters. The number of nitrogens with zero attached hydrogens (tertiary/aromatic N) is 1. The fourth-order valence-electron chi connectivity index (χ4n) is 2.16. The first-order valence-electron chi connectivity index (χ1n) is 8.86. The van der Waals surface area contributed by atoms with Gasteiger partial charge in [0.05, 0.1) is 11.8 Å². The van der Waals surface area contributed by atoms with Crippen molar-refractivity contribution in [2.75, 3.05) is 0 Å². The number of aromatic nitrogens is 1. The molecule has 0 aliphatic heterocycles. The normalized spacial score (nSPS) is 11.4. The fraction of sp³-hybridized carbons (Fsp3) is 0.455. The molecule has 1 aromatic carbocycles. The van der Waals surface area contributed by atoms with E-state index in [-0.39, 0.29) is 16.8 Å². The molecule has 0 amide bonds. The molecule has 0 N–H and O–H groups in total. The Labute approximate surface area is 152 Å². The number of ether oxygens (including phenoxy) is 1. The second-order valence-corrected chi connectivity index (χ2v) is 7.85. The van der Waals surface area contributed by atoms with Crippen molar-refractivity contribution in [2.45, 2.75) is 66.2 Å². The first kappa shape index (κ1) is 20.9. The summed E-state index contributed by atoms with van der Waals surface area (Å²) >= 11 is 0. The summed E-state index contributed by atoms with van der Waals surface area (Å²) in [7, 11) is 0. The molecular weight excluding hydrogens is 310 g/mol. The summed E-state index contributed by atoms with van der Waals surface area (Å²) < 4.78 is 5.39. The van der Waals surface area contributed by atoms with Gasteiger partial charge in [0.25, 0.3) is 0 Å². The fourth-order valence-corrected chi connectivity index (χ4v) is 2.16. The maximum atomic E-state index is 12.2. The number of hydrogen-bond acceptors (Lipinski definition) is 3. The van der Waals surface area contributed by atoms with E-state index in [1.54, 1.807) is 24.4 Å². The Hall–Kier alpha value is -2.16. The minimum absolute atomic E-state index is 0.0225. The van der Waals surface area contributed by atoms with Crippen molar-refractivity contribution in [3.05, 3.63) is 59.4 Å². The molecule has 2 aromatic rings. The van der Waals surface area contributed by atoms with E-state index in [2.05, 4.69) is 46.5 Å². The highest BCUT2D eigenvalue weighted by Crippen LogP contribution is 2.24. The molecule has 0 aliphatic rings. The first-order valence-corrected chi connectivity index (χ1v) is 8.86. The highest BCUT2D eigenvalue weighted by atomic mass is 16.5. The Balaban J connectivity index is 0.00000151. The van der Waals surface area contributed by atoms with E-state index in [1.165, 1.54) is 5.56 Å². The van der Waals surface area contributed by atoms with Gasteiger partial charge >= 0.3 is 5.97 Å². The summed E-state index contributed by atoms with van der Waals surface area (Å²) in [6.45, 7) is 16.7. The van der Waals surface area contributed by atoms with E-state index in [1.807, 2.05) is 32.0 Å². The van der Waals surface area contributed by atoms with E-state index in [4.69, 9.17) is 4.74 Å². The van der Waals surface area contributed by atoms with Crippen LogP contribution in [0.2, 0.25) is 0 Å². The summed E-state index contributed by atoms with van der Waals surface area (Å²) in [6, 6.07) is 11.2. The van der Waals surface area contributed by atoms with Gasteiger partial charge in [-0.05, 0) is 35.2 Å². The van der Waals surface area contributed by atoms with Gasteiger partial charge in [-0.3, -0.25) is 4.98 Å². The van der Waals surface area contributed by atoms with Crippen molar-refractivity contribution in [1.82, 2.24) is 4.98 Å². The van der Waals surface area contributed by atoms with Crippen LogP contribution in [0.25, 0.3) is 0 Å². The Morgan fingerprint density at radius 1 is 0.840 bits per heavy atom. The monoisotopic (exact) mass is 341 g/mol. The lowest BCUT2D eigenvalue weighted by Gasteiger charge is -2.19. The molecule has 2 rings (SSSR count). The number of carbonyl (C=O) groups is 1. The molecule has 0 saturated carbocycles. The molecule has 0 radical (unpaired) electrons. The maximum Gasteiger partial charge on any atom is 0.343 e. The van der Waals surface area contributed by atoms with Crippen molar-refractivity contribution >= 4 is 5.97 Å². The molecule has 0 aliphatic carbocycles. The average molecular weight is 341 g/mol. The van der Waals surface area contributed by atoms with Crippen LogP contribution in [0.15, 0.2) is 42.6 Å². The second kappa shape index (κ2) is 8.28. The minimum Gasteiger partial charge on any atom is -0.421 e. The zero-order valence-corrected chi connectivity index (χ0v) is 16.8. The topological polar surface area (TPSA) is 39.2 Å². The standard InChI is InChI=1S/C20H25NO2.C2H6/c1-19(2,3)15-9-7-14(8-10-15)18(22)23-16-11-12-17(21-13-16)20(4,5)6;1-2/h7-13H,1-6H3;1-2H3. The van der Waals surface area contributed by atoms with Crippen LogP contribution in [-0.2, 0) is 10.8 Å². The van der Waals surface area contributed by atoms with Crippen LogP contribution in [0, 0.1) is 0 Å². The van der Waals surface area contributed by atoms with Crippen molar-refractivity contribution in [3.8, 4) is 5.75 Å². The highest BCUT2D eigenvalue weighted by molar-refractivity contribution is 5.91. The first-order chi connectivity index (χ1) is 11.6. The second-order valence-electron chi connectivity index (χ2n) is 7.85. The Bertz CT molecular complexity index is 672. The van der Waals surface area contributed by atoms with Crippen molar-refractivity contribution in [2.24, 2.45) is 0 Å². The number of pyridine rings is 1. The molecule has 1 aromatic heterocycles. The Morgan fingerprint density at radius 2 is 1.40 bits per heavy atom. The van der Waals surface area contributed by atoms with Crippen LogP contribution < -0.4 is 4.74 Å². The molecule has 1 heterocycles. The van der Waals surface area contributed by atoms with Crippen molar-refractivity contribution < 1.29 is 9.53 Å². The number of rotatable bonds is 2. The molecule has 25 heavy (non-hydrogen) atoms. The number of esters is 1. The van der Waals surface area contributed by atoms with Crippen LogP contribution in [0.4, 0.5) is 0 Å². The molecule has 0 unspecified atom stereocenters. The highest BCUT2D eigenvalue weighted by Gasteiger charge is 2.17. The third-order valence-corrected chi connectivity index (χ3v) is 3.70. The van der Waals surface area contributed by atoms with E-state index in [9.17, 15) is 4.79 Å². The van der Waals surface area contributed by atoms with Gasteiger partial charge in [-0.1, -0.05) is 67.5 Å². The number of carbonyl (C=O) groups excluding carboxylic acids is 1. The quantitative estimate of drug-likeness (QED) is 0.636. The van der Waals surface area contributed by atoms with Gasteiger partial charge in [0.2, 0.25) is 0 Å². The zero-order chi connectivity index (χ0) is 19.3. The van der Waals surface area contributed by atoms with Crippen LogP contribution in [0.5, 0.6) is 5.75 Å². The lowest BCUT2D eigenvalue weighted by molar-refractivity contribution is 0.0734. The van der Waals surface area contributed by atoms with E-state index >= 15 is 0 Å². The van der Waals surface area contributed by atoms with E-state index in [0.717, 1.165) is 5.69 Å². The van der Waals surface area contributed by atoms with E-state index in [0.29, 0.717) is 11.3 Å². The summed E-state index contributed by atoms with van der Waals surface area (Å²) in [4.78, 5) is 16.6. The number of hydrogen-bond donors (Lipinski definition) is 0. The molecule has 0 saturated heterocycles. The largest absolute Gasteiger partial charge is 0.421 e. The zero-order valence-electron chi connectivity index (χ0n) is 16.8. The summed E-state index contributed by atoms with van der Waals surface area (Å²) in [5, 5.41) is 0. The van der Waals surface area contributed by atoms with Crippen LogP contribution in [-0.4, -0.2) is 11.0 Å². The lowest BCUT2D eigenvalue weighted by atomic mass is 9.87. The molecule has 0 fully saturated rings. The van der Waals surface area contributed by atoms with Crippen LogP contribution in [0.3, 0.4) is 0 Å². The molecule has 3 heteroatoms. The summed E-state index contributed by atoms with van der Waals surface area (Å²) in [5.74, 6) is 0.0960. The predicted molar refractivity (Wildman–Crippen MR) is 104 cm³/mol. The smallest absolute Gasteiger partial charge is 0.343 e. The third kappa shape index (κ3) is 6.00. The molecule has 0 spiro atoms. The van der Waals surface area contributed by atoms with Gasteiger partial charge in [0.1, 0.15) is 5.75 Å². The summed E-state index contributed by atoms with van der Waals surface area (Å²) in [6.07, 6.45) is 1.60. The van der Waals surface area contributed by atoms with Crippen LogP contribution >= 0.6 is 0 Å². The SMILES string of the molecule is CC.CC(C)(C)c1ccc(C(=O)Oc2ccc(C(C)(C)C)nc2)cc1. The Kier molecular flexibility index (Phi) is 6.92. The van der Waals surface area contributed by atoms with Gasteiger partial charge in [0, 0.05) is 11.1 Å². The van der Waals surface area contributed by atoms with Gasteiger partial charge < -0.3 is 4.74 Å².